The standard InChI is InChI=1S/C25H32F3N5O2/c1-6-22(33(5)29-7-2)21-17-20(13-14-23(21)35-16-8-15-32(3)4)31-24(34)30-19-11-9-18(10-12-19)25(26,27)28/h6-7,9-14,17H,8,15-16H2,1-5H3,(H2,30,31,34)/b22-6-,29-7-. The van der Waals surface area contributed by atoms with Gasteiger partial charge in [0.05, 0.1) is 17.9 Å². The number of hydrogen-bond donors (Lipinski definition) is 2. The number of anilines is 2. The van der Waals surface area contributed by atoms with Gasteiger partial charge in [-0.15, -0.1) is 0 Å². The summed E-state index contributed by atoms with van der Waals surface area (Å²) in [5, 5.41) is 11.3. The highest BCUT2D eigenvalue weighted by atomic mass is 19.4. The first-order chi connectivity index (χ1) is 16.5. The number of amides is 2. The van der Waals surface area contributed by atoms with E-state index in [1.807, 2.05) is 41.1 Å². The molecule has 0 heterocycles. The van der Waals surface area contributed by atoms with Crippen molar-refractivity contribution in [2.45, 2.75) is 26.4 Å². The quantitative estimate of drug-likeness (QED) is 0.244. The van der Waals surface area contributed by atoms with Gasteiger partial charge in [0, 0.05) is 36.7 Å². The maximum absolute atomic E-state index is 12.7. The fourth-order valence-electron chi connectivity index (χ4n) is 3.28. The van der Waals surface area contributed by atoms with Crippen LogP contribution in [0.5, 0.6) is 5.75 Å². The number of halogens is 3. The van der Waals surface area contributed by atoms with E-state index in [1.165, 1.54) is 12.1 Å². The number of nitrogens with zero attached hydrogens (tertiary/aromatic N) is 3. The highest BCUT2D eigenvalue weighted by Gasteiger charge is 2.30. The number of hydrogen-bond acceptors (Lipinski definition) is 5. The molecule has 0 aromatic heterocycles. The molecule has 2 rings (SSSR count). The van der Waals surface area contributed by atoms with Crippen LogP contribution >= 0.6 is 0 Å². The second-order valence-corrected chi connectivity index (χ2v) is 7.94. The molecule has 0 aliphatic rings. The normalized spacial score (nSPS) is 12.2. The lowest BCUT2D eigenvalue weighted by Crippen LogP contribution is -2.20. The van der Waals surface area contributed by atoms with Crippen molar-refractivity contribution in [3.05, 3.63) is 59.7 Å². The number of allylic oxidation sites excluding steroid dienone is 1. The van der Waals surface area contributed by atoms with E-state index in [-0.39, 0.29) is 5.69 Å². The van der Waals surface area contributed by atoms with E-state index in [0.29, 0.717) is 18.0 Å². The van der Waals surface area contributed by atoms with Crippen molar-refractivity contribution in [2.24, 2.45) is 5.10 Å². The van der Waals surface area contributed by atoms with E-state index < -0.39 is 17.8 Å². The molecular weight excluding hydrogens is 459 g/mol. The summed E-state index contributed by atoms with van der Waals surface area (Å²) in [5.74, 6) is 0.642. The zero-order chi connectivity index (χ0) is 26.0. The van der Waals surface area contributed by atoms with Crippen LogP contribution in [-0.4, -0.2) is 56.4 Å². The number of rotatable bonds is 10. The molecule has 10 heteroatoms. The van der Waals surface area contributed by atoms with Crippen LogP contribution in [-0.2, 0) is 6.18 Å². The van der Waals surface area contributed by atoms with Crippen molar-refractivity contribution in [3.63, 3.8) is 0 Å². The van der Waals surface area contributed by atoms with E-state index in [9.17, 15) is 18.0 Å². The molecule has 0 unspecified atom stereocenters. The summed E-state index contributed by atoms with van der Waals surface area (Å²) in [6.45, 7) is 5.09. The molecular formula is C25H32F3N5O2. The Morgan fingerprint density at radius 3 is 2.23 bits per heavy atom. The number of nitrogens with one attached hydrogen (secondary N) is 2. The minimum atomic E-state index is -4.44. The van der Waals surface area contributed by atoms with Crippen molar-refractivity contribution >= 4 is 29.3 Å². The molecule has 2 aromatic carbocycles. The Morgan fingerprint density at radius 1 is 1.03 bits per heavy atom. The maximum Gasteiger partial charge on any atom is 0.416 e. The highest BCUT2D eigenvalue weighted by Crippen LogP contribution is 2.32. The third kappa shape index (κ3) is 8.64. The van der Waals surface area contributed by atoms with Gasteiger partial charge in [-0.25, -0.2) is 4.79 Å². The molecule has 0 atom stereocenters. The predicted molar refractivity (Wildman–Crippen MR) is 135 cm³/mol. The van der Waals surface area contributed by atoms with Crippen molar-refractivity contribution in [2.75, 3.05) is 44.9 Å². The summed E-state index contributed by atoms with van der Waals surface area (Å²) in [5.41, 5.74) is 1.45. The number of hydrazone groups is 1. The molecule has 0 bridgehead atoms. The van der Waals surface area contributed by atoms with Crippen molar-refractivity contribution < 1.29 is 22.7 Å². The third-order valence-corrected chi connectivity index (χ3v) is 4.90. The number of benzene rings is 2. The number of ether oxygens (including phenoxy) is 1. The van der Waals surface area contributed by atoms with E-state index in [1.54, 1.807) is 29.4 Å². The smallest absolute Gasteiger partial charge is 0.416 e. The third-order valence-electron chi connectivity index (χ3n) is 4.90. The number of urea groups is 1. The summed E-state index contributed by atoms with van der Waals surface area (Å²) in [4.78, 5) is 14.6. The summed E-state index contributed by atoms with van der Waals surface area (Å²) >= 11 is 0. The van der Waals surface area contributed by atoms with Crippen LogP contribution in [0.1, 0.15) is 31.4 Å². The summed E-state index contributed by atoms with van der Waals surface area (Å²) in [6, 6.07) is 8.89. The van der Waals surface area contributed by atoms with Crippen LogP contribution in [0, 0.1) is 0 Å². The van der Waals surface area contributed by atoms with Crippen molar-refractivity contribution in [1.29, 1.82) is 0 Å². The van der Waals surface area contributed by atoms with Crippen LogP contribution in [0.4, 0.5) is 29.3 Å². The summed E-state index contributed by atoms with van der Waals surface area (Å²) < 4.78 is 44.3. The minimum absolute atomic E-state index is 0.239. The van der Waals surface area contributed by atoms with Gasteiger partial charge < -0.3 is 20.3 Å². The molecule has 0 aliphatic heterocycles. The number of carbonyl (C=O) groups is 1. The average Bonchev–Trinajstić information content (AvgIpc) is 2.78. The van der Waals surface area contributed by atoms with Crippen LogP contribution in [0.15, 0.2) is 53.6 Å². The van der Waals surface area contributed by atoms with Crippen LogP contribution in [0.25, 0.3) is 5.70 Å². The van der Waals surface area contributed by atoms with Crippen LogP contribution in [0.2, 0.25) is 0 Å². The Hall–Kier alpha value is -3.53. The first kappa shape index (κ1) is 27.7. The monoisotopic (exact) mass is 491 g/mol. The molecule has 0 aliphatic carbocycles. The average molecular weight is 492 g/mol. The molecule has 0 saturated heterocycles. The molecule has 0 radical (unpaired) electrons. The zero-order valence-corrected chi connectivity index (χ0v) is 20.6. The lowest BCUT2D eigenvalue weighted by atomic mass is 10.1. The Morgan fingerprint density at radius 2 is 1.66 bits per heavy atom. The van der Waals surface area contributed by atoms with Crippen molar-refractivity contribution in [3.8, 4) is 5.75 Å². The Bertz CT molecular complexity index is 1030. The lowest BCUT2D eigenvalue weighted by Gasteiger charge is -2.21. The van der Waals surface area contributed by atoms with Gasteiger partial charge in [-0.1, -0.05) is 6.08 Å². The lowest BCUT2D eigenvalue weighted by molar-refractivity contribution is -0.137. The van der Waals surface area contributed by atoms with Gasteiger partial charge in [0.2, 0.25) is 0 Å². The Labute approximate surface area is 204 Å². The molecule has 2 N–H and O–H groups in total. The van der Waals surface area contributed by atoms with Gasteiger partial charge in [-0.05, 0) is 76.8 Å². The second-order valence-electron chi connectivity index (χ2n) is 7.94. The fraction of sp³-hybridized carbons (Fsp3) is 0.360. The molecule has 0 fully saturated rings. The topological polar surface area (TPSA) is 69.2 Å². The highest BCUT2D eigenvalue weighted by molar-refractivity contribution is 6.00. The Balaban J connectivity index is 2.21. The molecule has 0 saturated carbocycles. The molecule has 2 aromatic rings. The zero-order valence-electron chi connectivity index (χ0n) is 20.6. The SMILES string of the molecule is C/C=N\N(C)/C(=C\C)c1cc(NC(=O)Nc2ccc(C(F)(F)F)cc2)ccc1OCCCN(C)C. The maximum atomic E-state index is 12.7. The van der Waals surface area contributed by atoms with Crippen LogP contribution in [0.3, 0.4) is 0 Å². The number of alkyl halides is 3. The van der Waals surface area contributed by atoms with Gasteiger partial charge >= 0.3 is 12.2 Å². The van der Waals surface area contributed by atoms with E-state index in [2.05, 4.69) is 20.6 Å². The second kappa shape index (κ2) is 12.8. The molecule has 0 spiro atoms. The predicted octanol–water partition coefficient (Wildman–Crippen LogP) is 5.98. The molecule has 2 amide bonds. The van der Waals surface area contributed by atoms with E-state index in [0.717, 1.165) is 36.4 Å². The Kier molecular flexibility index (Phi) is 10.1. The van der Waals surface area contributed by atoms with Gasteiger partial charge in [0.1, 0.15) is 5.75 Å². The summed E-state index contributed by atoms with van der Waals surface area (Å²) in [7, 11) is 5.80. The number of carbonyl (C=O) groups excluding carboxylic acids is 1. The van der Waals surface area contributed by atoms with Gasteiger partial charge in [-0.2, -0.15) is 18.3 Å². The van der Waals surface area contributed by atoms with E-state index >= 15 is 0 Å². The minimum Gasteiger partial charge on any atom is -0.493 e. The van der Waals surface area contributed by atoms with Gasteiger partial charge in [-0.3, -0.25) is 5.01 Å². The van der Waals surface area contributed by atoms with Crippen LogP contribution < -0.4 is 15.4 Å². The fourth-order valence-corrected chi connectivity index (χ4v) is 3.28. The molecule has 190 valence electrons. The first-order valence-electron chi connectivity index (χ1n) is 11.1. The summed E-state index contributed by atoms with van der Waals surface area (Å²) in [6.07, 6.45) is -0.0369. The molecule has 35 heavy (non-hydrogen) atoms. The largest absolute Gasteiger partial charge is 0.493 e. The van der Waals surface area contributed by atoms with Gasteiger partial charge in [0.15, 0.2) is 0 Å². The van der Waals surface area contributed by atoms with Gasteiger partial charge in [0.25, 0.3) is 0 Å². The molecule has 7 nitrogen and oxygen atoms in total. The van der Waals surface area contributed by atoms with E-state index in [4.69, 9.17) is 4.74 Å². The van der Waals surface area contributed by atoms with Crippen molar-refractivity contribution in [1.82, 2.24) is 9.91 Å². The first-order valence-corrected chi connectivity index (χ1v) is 11.1.